The molecule has 0 saturated heterocycles. The second kappa shape index (κ2) is 5.18. The molecular formula is C13H21N5O2S. The Morgan fingerprint density at radius 3 is 2.52 bits per heavy atom. The van der Waals surface area contributed by atoms with Gasteiger partial charge in [-0.15, -0.1) is 0 Å². The van der Waals surface area contributed by atoms with E-state index >= 15 is 0 Å². The molecule has 0 radical (unpaired) electrons. The highest BCUT2D eigenvalue weighted by molar-refractivity contribution is 7.92. The van der Waals surface area contributed by atoms with Crippen LogP contribution < -0.4 is 4.72 Å². The summed E-state index contributed by atoms with van der Waals surface area (Å²) in [6.07, 6.45) is 1.52. The molecule has 0 aliphatic rings. The first-order valence-corrected chi connectivity index (χ1v) is 8.24. The summed E-state index contributed by atoms with van der Waals surface area (Å²) in [6.45, 7) is 10.4. The Labute approximate surface area is 124 Å². The number of sulfonamides is 1. The van der Waals surface area contributed by atoms with Gasteiger partial charge in [-0.05, 0) is 13.8 Å². The van der Waals surface area contributed by atoms with Crippen LogP contribution in [0.2, 0.25) is 0 Å². The van der Waals surface area contributed by atoms with Crippen molar-refractivity contribution in [2.75, 3.05) is 4.72 Å². The van der Waals surface area contributed by atoms with Crippen LogP contribution >= 0.6 is 0 Å². The van der Waals surface area contributed by atoms with Crippen molar-refractivity contribution >= 4 is 15.8 Å². The molecule has 0 bridgehead atoms. The van der Waals surface area contributed by atoms with Crippen LogP contribution in [0.3, 0.4) is 0 Å². The van der Waals surface area contributed by atoms with Crippen molar-refractivity contribution in [1.29, 1.82) is 0 Å². The zero-order valence-corrected chi connectivity index (χ0v) is 13.7. The number of rotatable bonds is 4. The number of aromatic amines is 1. The normalized spacial score (nSPS) is 12.6. The van der Waals surface area contributed by atoms with E-state index in [2.05, 4.69) is 19.9 Å². The van der Waals surface area contributed by atoms with Crippen molar-refractivity contribution in [3.63, 3.8) is 0 Å². The molecule has 0 saturated carbocycles. The predicted molar refractivity (Wildman–Crippen MR) is 80.7 cm³/mol. The van der Waals surface area contributed by atoms with Gasteiger partial charge in [-0.1, -0.05) is 20.8 Å². The van der Waals surface area contributed by atoms with E-state index in [1.807, 2.05) is 27.7 Å². The smallest absolute Gasteiger partial charge is 0.282 e. The second-order valence-electron chi connectivity index (χ2n) is 5.93. The van der Waals surface area contributed by atoms with Crippen molar-refractivity contribution in [1.82, 2.24) is 19.7 Å². The van der Waals surface area contributed by atoms with Crippen molar-refractivity contribution in [2.45, 2.75) is 51.6 Å². The average molecular weight is 311 g/mol. The van der Waals surface area contributed by atoms with Crippen LogP contribution in [0.4, 0.5) is 5.82 Å². The number of nitrogens with zero attached hydrogens (tertiary/aromatic N) is 3. The molecule has 0 atom stereocenters. The number of hydrogen-bond donors (Lipinski definition) is 2. The van der Waals surface area contributed by atoms with Gasteiger partial charge in [-0.3, -0.25) is 9.82 Å². The zero-order chi connectivity index (χ0) is 15.8. The fourth-order valence-corrected chi connectivity index (χ4v) is 2.88. The summed E-state index contributed by atoms with van der Waals surface area (Å²) in [4.78, 5) is 4.08. The van der Waals surface area contributed by atoms with E-state index in [1.165, 1.54) is 6.20 Å². The maximum atomic E-state index is 12.3. The lowest BCUT2D eigenvalue weighted by molar-refractivity contribution is 0.567. The molecule has 21 heavy (non-hydrogen) atoms. The second-order valence-corrected chi connectivity index (χ2v) is 7.56. The molecule has 2 heterocycles. The summed E-state index contributed by atoms with van der Waals surface area (Å²) in [7, 11) is -3.72. The van der Waals surface area contributed by atoms with E-state index in [0.717, 1.165) is 5.69 Å². The Balaban J connectivity index is 2.27. The predicted octanol–water partition coefficient (Wildman–Crippen LogP) is 2.03. The summed E-state index contributed by atoms with van der Waals surface area (Å²) in [6, 6.07) is 1.70. The minimum atomic E-state index is -3.72. The van der Waals surface area contributed by atoms with Gasteiger partial charge in [-0.2, -0.15) is 13.5 Å². The molecule has 2 N–H and O–H groups in total. The van der Waals surface area contributed by atoms with Crippen LogP contribution in [0.5, 0.6) is 0 Å². The molecular weight excluding hydrogens is 290 g/mol. The molecule has 2 aromatic heterocycles. The Bertz CT molecular complexity index is 737. The van der Waals surface area contributed by atoms with Crippen LogP contribution in [0.1, 0.15) is 39.2 Å². The third-order valence-corrected chi connectivity index (χ3v) is 4.42. The lowest BCUT2D eigenvalue weighted by atomic mass is 9.92. The van der Waals surface area contributed by atoms with Crippen molar-refractivity contribution in [2.24, 2.45) is 0 Å². The summed E-state index contributed by atoms with van der Waals surface area (Å²) >= 11 is 0. The van der Waals surface area contributed by atoms with Gasteiger partial charge in [0.2, 0.25) is 0 Å². The van der Waals surface area contributed by atoms with Gasteiger partial charge in [0.15, 0.2) is 10.8 Å². The minimum Gasteiger partial charge on any atom is -0.334 e. The number of anilines is 1. The van der Waals surface area contributed by atoms with E-state index in [4.69, 9.17) is 0 Å². The fraction of sp³-hybridized carbons (Fsp3) is 0.538. The summed E-state index contributed by atoms with van der Waals surface area (Å²) < 4.78 is 28.8. The van der Waals surface area contributed by atoms with Gasteiger partial charge in [0, 0.05) is 29.9 Å². The van der Waals surface area contributed by atoms with Crippen LogP contribution in [0.15, 0.2) is 17.3 Å². The highest BCUT2D eigenvalue weighted by Crippen LogP contribution is 2.23. The highest BCUT2D eigenvalue weighted by Gasteiger charge is 2.22. The number of nitrogens with one attached hydrogen (secondary N) is 2. The Hall–Kier alpha value is -1.83. The van der Waals surface area contributed by atoms with Crippen LogP contribution in [-0.4, -0.2) is 28.2 Å². The number of H-pyrrole nitrogens is 1. The largest absolute Gasteiger partial charge is 0.334 e. The monoisotopic (exact) mass is 311 g/mol. The van der Waals surface area contributed by atoms with E-state index in [9.17, 15) is 8.42 Å². The molecule has 116 valence electrons. The molecule has 0 unspecified atom stereocenters. The van der Waals surface area contributed by atoms with Crippen molar-refractivity contribution < 1.29 is 8.42 Å². The average Bonchev–Trinajstić information content (AvgIpc) is 2.94. The fourth-order valence-electron chi connectivity index (χ4n) is 1.88. The number of aryl methyl sites for hydroxylation is 2. The molecule has 2 aromatic rings. The van der Waals surface area contributed by atoms with Gasteiger partial charge < -0.3 is 4.57 Å². The van der Waals surface area contributed by atoms with E-state index in [0.29, 0.717) is 12.4 Å². The van der Waals surface area contributed by atoms with Gasteiger partial charge in [0.25, 0.3) is 10.0 Å². The van der Waals surface area contributed by atoms with Gasteiger partial charge in [-0.25, -0.2) is 4.98 Å². The molecule has 2 rings (SSSR count). The van der Waals surface area contributed by atoms with Gasteiger partial charge in [0.1, 0.15) is 5.82 Å². The molecule has 0 spiro atoms. The minimum absolute atomic E-state index is 0.00200. The Morgan fingerprint density at radius 2 is 2.05 bits per heavy atom. The molecule has 0 aliphatic carbocycles. The third kappa shape index (κ3) is 3.26. The number of aromatic nitrogens is 4. The van der Waals surface area contributed by atoms with Crippen LogP contribution in [0.25, 0.3) is 0 Å². The SMILES string of the molecule is CCn1cc(S(=O)(=O)Nc2cc(C(C)(C)C)[nH]n2)nc1C. The Kier molecular flexibility index (Phi) is 3.83. The maximum absolute atomic E-state index is 12.3. The topological polar surface area (TPSA) is 92.7 Å². The van der Waals surface area contributed by atoms with Crippen LogP contribution in [0, 0.1) is 6.92 Å². The summed E-state index contributed by atoms with van der Waals surface area (Å²) in [5, 5.41) is 6.84. The van der Waals surface area contributed by atoms with Crippen molar-refractivity contribution in [3.8, 4) is 0 Å². The first-order chi connectivity index (χ1) is 9.63. The highest BCUT2D eigenvalue weighted by atomic mass is 32.2. The lowest BCUT2D eigenvalue weighted by Crippen LogP contribution is -2.14. The third-order valence-electron chi connectivity index (χ3n) is 3.19. The maximum Gasteiger partial charge on any atom is 0.282 e. The van der Waals surface area contributed by atoms with Crippen LogP contribution in [-0.2, 0) is 22.0 Å². The lowest BCUT2D eigenvalue weighted by Gasteiger charge is -2.14. The standard InChI is InChI=1S/C13H21N5O2S/c1-6-18-8-12(14-9(18)2)21(19,20)17-11-7-10(15-16-11)13(3,4)5/h7-8H,6H2,1-5H3,(H2,15,16,17). The van der Waals surface area contributed by atoms with Gasteiger partial charge >= 0.3 is 0 Å². The molecule has 0 fully saturated rings. The molecule has 7 nitrogen and oxygen atoms in total. The zero-order valence-electron chi connectivity index (χ0n) is 12.9. The summed E-state index contributed by atoms with van der Waals surface area (Å²) in [5.74, 6) is 0.930. The van der Waals surface area contributed by atoms with E-state index < -0.39 is 10.0 Å². The molecule has 0 aliphatic heterocycles. The molecule has 0 amide bonds. The molecule has 0 aromatic carbocycles. The number of hydrogen-bond acceptors (Lipinski definition) is 4. The van der Waals surface area contributed by atoms with Gasteiger partial charge in [0.05, 0.1) is 0 Å². The number of imidazole rings is 1. The van der Waals surface area contributed by atoms with Crippen molar-refractivity contribution in [3.05, 3.63) is 23.8 Å². The Morgan fingerprint density at radius 1 is 1.38 bits per heavy atom. The quantitative estimate of drug-likeness (QED) is 0.903. The summed E-state index contributed by atoms with van der Waals surface area (Å²) in [5.41, 5.74) is 0.729. The first-order valence-electron chi connectivity index (χ1n) is 6.76. The van der Waals surface area contributed by atoms with E-state index in [1.54, 1.807) is 17.6 Å². The molecule has 8 heteroatoms. The van der Waals surface area contributed by atoms with E-state index in [-0.39, 0.29) is 16.3 Å². The first kappa shape index (κ1) is 15.6.